The molecule has 2 heteroatoms. The fraction of sp³-hybridized carbons (Fsp3) is 0.828. The van der Waals surface area contributed by atoms with Crippen molar-refractivity contribution < 1.29 is 4.79 Å². The van der Waals surface area contributed by atoms with E-state index in [2.05, 4.69) is 49.8 Å². The Labute approximate surface area is 195 Å². The van der Waals surface area contributed by atoms with Gasteiger partial charge >= 0.3 is 0 Å². The van der Waals surface area contributed by atoms with Crippen molar-refractivity contribution in [2.24, 2.45) is 0 Å². The lowest BCUT2D eigenvalue weighted by Gasteiger charge is -2.10. The molecule has 178 valence electrons. The minimum atomic E-state index is 0.207. The number of amides is 1. The summed E-state index contributed by atoms with van der Waals surface area (Å²) in [4.78, 5) is 11.7. The zero-order valence-corrected chi connectivity index (χ0v) is 21.1. The number of unbranched alkanes of at least 4 members (excludes halogenated alkanes) is 16. The molecule has 31 heavy (non-hydrogen) atoms. The number of carbonyl (C=O) groups is 1. The first-order valence-corrected chi connectivity index (χ1v) is 13.5. The van der Waals surface area contributed by atoms with Gasteiger partial charge < -0.3 is 5.32 Å². The average molecular weight is 430 g/mol. The van der Waals surface area contributed by atoms with Gasteiger partial charge in [-0.3, -0.25) is 4.79 Å². The lowest BCUT2D eigenvalue weighted by molar-refractivity contribution is -0.121. The van der Waals surface area contributed by atoms with E-state index in [1.165, 1.54) is 89.9 Å². The van der Waals surface area contributed by atoms with Crippen molar-refractivity contribution in [1.82, 2.24) is 5.32 Å². The van der Waals surface area contributed by atoms with Crippen LogP contribution in [0.25, 0.3) is 0 Å². The second-order valence-electron chi connectivity index (χ2n) is 9.03. The highest BCUT2D eigenvalue weighted by Crippen LogP contribution is 2.11. The van der Waals surface area contributed by atoms with Crippen molar-refractivity contribution in [1.29, 1.82) is 0 Å². The standard InChI is InChI=1S/C29H51NO/c1-4-6-7-8-9-10-11-12-13-14-15-16-17-18-19-20-21-22-23-24-25-26-27-29(31)30-28(3)5-2/h28H,4-15,20-27H2,1-3H3,(H,30,31). The van der Waals surface area contributed by atoms with Crippen molar-refractivity contribution in [3.05, 3.63) is 0 Å². The van der Waals surface area contributed by atoms with E-state index in [9.17, 15) is 4.79 Å². The van der Waals surface area contributed by atoms with Crippen LogP contribution in [0.2, 0.25) is 0 Å². The van der Waals surface area contributed by atoms with Crippen molar-refractivity contribution in [2.75, 3.05) is 0 Å². The van der Waals surface area contributed by atoms with Crippen LogP contribution in [-0.4, -0.2) is 11.9 Å². The van der Waals surface area contributed by atoms with Crippen molar-refractivity contribution >= 4 is 5.91 Å². The van der Waals surface area contributed by atoms with Crippen LogP contribution in [0.3, 0.4) is 0 Å². The quantitative estimate of drug-likeness (QED) is 0.153. The van der Waals surface area contributed by atoms with Crippen LogP contribution in [0, 0.1) is 23.7 Å². The average Bonchev–Trinajstić information content (AvgIpc) is 2.77. The molecule has 0 aliphatic rings. The summed E-state index contributed by atoms with van der Waals surface area (Å²) in [5, 5.41) is 3.03. The SMILES string of the molecule is CCCCCCCCCCCCC#CC#CCCCCCCCCC(=O)NC(C)CC. The molecule has 0 aromatic rings. The summed E-state index contributed by atoms with van der Waals surface area (Å²) in [6.45, 7) is 6.44. The summed E-state index contributed by atoms with van der Waals surface area (Å²) in [6, 6.07) is 0.304. The predicted octanol–water partition coefficient (Wildman–Crippen LogP) is 8.34. The van der Waals surface area contributed by atoms with Crippen molar-refractivity contribution in [3.63, 3.8) is 0 Å². The van der Waals surface area contributed by atoms with Gasteiger partial charge in [-0.05, 0) is 44.4 Å². The van der Waals surface area contributed by atoms with Crippen LogP contribution in [0.4, 0.5) is 0 Å². The molecule has 0 spiro atoms. The van der Waals surface area contributed by atoms with E-state index in [1.807, 2.05) is 0 Å². The van der Waals surface area contributed by atoms with E-state index < -0.39 is 0 Å². The molecule has 0 aliphatic heterocycles. The first-order valence-electron chi connectivity index (χ1n) is 13.5. The van der Waals surface area contributed by atoms with Gasteiger partial charge in [-0.15, -0.1) is 0 Å². The maximum absolute atomic E-state index is 11.7. The third-order valence-corrected chi connectivity index (χ3v) is 5.87. The summed E-state index contributed by atoms with van der Waals surface area (Å²) in [5.41, 5.74) is 0. The Hall–Kier alpha value is -1.41. The minimum absolute atomic E-state index is 0.207. The van der Waals surface area contributed by atoms with Crippen LogP contribution < -0.4 is 5.32 Å². The smallest absolute Gasteiger partial charge is 0.220 e. The molecule has 0 rings (SSSR count). The molecule has 0 bridgehead atoms. The maximum Gasteiger partial charge on any atom is 0.220 e. The largest absolute Gasteiger partial charge is 0.354 e. The Morgan fingerprint density at radius 3 is 1.52 bits per heavy atom. The predicted molar refractivity (Wildman–Crippen MR) is 137 cm³/mol. The van der Waals surface area contributed by atoms with Gasteiger partial charge in [0.05, 0.1) is 0 Å². The molecule has 0 heterocycles. The normalized spacial score (nSPS) is 11.2. The van der Waals surface area contributed by atoms with Gasteiger partial charge in [0, 0.05) is 25.3 Å². The molecule has 1 amide bonds. The monoisotopic (exact) mass is 429 g/mol. The molecule has 0 saturated heterocycles. The zero-order valence-electron chi connectivity index (χ0n) is 21.1. The zero-order chi connectivity index (χ0) is 22.8. The summed E-state index contributed by atoms with van der Waals surface area (Å²) < 4.78 is 0. The second kappa shape index (κ2) is 24.9. The minimum Gasteiger partial charge on any atom is -0.354 e. The Balaban J connectivity index is 3.33. The van der Waals surface area contributed by atoms with Crippen molar-refractivity contribution in [3.8, 4) is 23.7 Å². The Morgan fingerprint density at radius 1 is 0.645 bits per heavy atom. The molecule has 0 aliphatic carbocycles. The van der Waals surface area contributed by atoms with Gasteiger partial charge in [-0.1, -0.05) is 109 Å². The molecule has 0 saturated carbocycles. The number of rotatable bonds is 20. The first kappa shape index (κ1) is 29.6. The van der Waals surface area contributed by atoms with Crippen LogP contribution >= 0.6 is 0 Å². The highest BCUT2D eigenvalue weighted by atomic mass is 16.1. The third-order valence-electron chi connectivity index (χ3n) is 5.87. The van der Waals surface area contributed by atoms with Gasteiger partial charge in [0.15, 0.2) is 0 Å². The lowest BCUT2D eigenvalue weighted by atomic mass is 10.1. The second-order valence-corrected chi connectivity index (χ2v) is 9.03. The van der Waals surface area contributed by atoms with Gasteiger partial charge in [0.2, 0.25) is 5.91 Å². The molecular formula is C29H51NO. The van der Waals surface area contributed by atoms with E-state index in [0.717, 1.165) is 32.1 Å². The van der Waals surface area contributed by atoms with E-state index in [-0.39, 0.29) is 5.91 Å². The van der Waals surface area contributed by atoms with E-state index in [4.69, 9.17) is 0 Å². The van der Waals surface area contributed by atoms with Crippen LogP contribution in [0.5, 0.6) is 0 Å². The first-order chi connectivity index (χ1) is 15.2. The lowest BCUT2D eigenvalue weighted by Crippen LogP contribution is -2.31. The number of carbonyl (C=O) groups excluding carboxylic acids is 1. The van der Waals surface area contributed by atoms with Crippen molar-refractivity contribution in [2.45, 2.75) is 155 Å². The van der Waals surface area contributed by atoms with Crippen LogP contribution in [0.1, 0.15) is 149 Å². The fourth-order valence-electron chi connectivity index (χ4n) is 3.57. The number of nitrogens with one attached hydrogen (secondary N) is 1. The van der Waals surface area contributed by atoms with E-state index in [1.54, 1.807) is 0 Å². The highest BCUT2D eigenvalue weighted by molar-refractivity contribution is 5.76. The van der Waals surface area contributed by atoms with Gasteiger partial charge in [0.25, 0.3) is 0 Å². The molecular weight excluding hydrogens is 378 g/mol. The highest BCUT2D eigenvalue weighted by Gasteiger charge is 2.04. The molecule has 0 fully saturated rings. The molecule has 0 radical (unpaired) electrons. The summed E-state index contributed by atoms with van der Waals surface area (Å²) in [7, 11) is 0. The Bertz CT molecular complexity index is 516. The molecule has 1 N–H and O–H groups in total. The van der Waals surface area contributed by atoms with Gasteiger partial charge in [-0.25, -0.2) is 0 Å². The molecule has 1 unspecified atom stereocenters. The van der Waals surface area contributed by atoms with Crippen LogP contribution in [-0.2, 0) is 4.79 Å². The molecule has 0 aromatic heterocycles. The summed E-state index contributed by atoms with van der Waals surface area (Å²) in [5.74, 6) is 12.6. The maximum atomic E-state index is 11.7. The topological polar surface area (TPSA) is 29.1 Å². The summed E-state index contributed by atoms with van der Waals surface area (Å²) >= 11 is 0. The van der Waals surface area contributed by atoms with Crippen LogP contribution in [0.15, 0.2) is 0 Å². The Kier molecular flexibility index (Phi) is 23.7. The summed E-state index contributed by atoms with van der Waals surface area (Å²) in [6.07, 6.45) is 24.4. The van der Waals surface area contributed by atoms with Gasteiger partial charge in [0.1, 0.15) is 0 Å². The third kappa shape index (κ3) is 24.7. The molecule has 2 nitrogen and oxygen atoms in total. The van der Waals surface area contributed by atoms with Gasteiger partial charge in [-0.2, -0.15) is 0 Å². The molecule has 0 aromatic carbocycles. The molecule has 1 atom stereocenters. The number of hydrogen-bond donors (Lipinski definition) is 1. The van der Waals surface area contributed by atoms with E-state index >= 15 is 0 Å². The number of hydrogen-bond acceptors (Lipinski definition) is 1. The Morgan fingerprint density at radius 2 is 1.06 bits per heavy atom. The van der Waals surface area contributed by atoms with E-state index in [0.29, 0.717) is 12.5 Å². The fourth-order valence-corrected chi connectivity index (χ4v) is 3.57.